The van der Waals surface area contributed by atoms with Crippen LogP contribution in [0.2, 0.25) is 0 Å². The molecule has 0 aliphatic heterocycles. The Morgan fingerprint density at radius 1 is 1.44 bits per heavy atom. The highest BCUT2D eigenvalue weighted by atomic mass is 19.4. The lowest BCUT2D eigenvalue weighted by Crippen LogP contribution is -2.28. The number of hydrogen-bond donors (Lipinski definition) is 1. The Balaban J connectivity index is 2.47. The second-order valence-electron chi connectivity index (χ2n) is 2.99. The molecule has 1 aromatic rings. The maximum atomic E-state index is 12.6. The van der Waals surface area contributed by atoms with Crippen LogP contribution in [0.25, 0.3) is 0 Å². The van der Waals surface area contributed by atoms with Gasteiger partial charge in [0.15, 0.2) is 0 Å². The number of carbonyl (C=O) groups is 1. The van der Waals surface area contributed by atoms with Crippen LogP contribution in [0.3, 0.4) is 0 Å². The maximum absolute atomic E-state index is 12.6. The zero-order valence-corrected chi connectivity index (χ0v) is 8.01. The minimum atomic E-state index is -4.32. The van der Waals surface area contributed by atoms with E-state index >= 15 is 0 Å². The summed E-state index contributed by atoms with van der Waals surface area (Å²) in [5, 5.41) is 2.03. The van der Waals surface area contributed by atoms with Crippen molar-refractivity contribution in [2.45, 2.75) is 12.6 Å². The van der Waals surface area contributed by atoms with E-state index in [9.17, 15) is 22.4 Å². The Labute approximate surface area is 88.5 Å². The number of rotatable bonds is 3. The number of nitrogens with one attached hydrogen (secondary N) is 1. The molecule has 3 nitrogen and oxygen atoms in total. The lowest BCUT2D eigenvalue weighted by atomic mass is 10.2. The summed E-state index contributed by atoms with van der Waals surface area (Å²) in [6.45, 7) is -0.535. The molecule has 0 saturated heterocycles. The van der Waals surface area contributed by atoms with Gasteiger partial charge in [0.1, 0.15) is 0 Å². The molecule has 16 heavy (non-hydrogen) atoms. The summed E-state index contributed by atoms with van der Waals surface area (Å²) >= 11 is 0. The van der Waals surface area contributed by atoms with Crippen LogP contribution in [0, 0.1) is 5.95 Å². The monoisotopic (exact) mass is 236 g/mol. The van der Waals surface area contributed by atoms with Gasteiger partial charge in [0.2, 0.25) is 5.95 Å². The second-order valence-corrected chi connectivity index (χ2v) is 2.99. The quantitative estimate of drug-likeness (QED) is 0.643. The van der Waals surface area contributed by atoms with Crippen molar-refractivity contribution in [1.82, 2.24) is 10.3 Å². The standard InChI is InChI=1S/C9H8F4N2O/c10-7-5-6(1-3-14-7)8(16)15-4-2-9(11,12)13/h1,3,5H,2,4H2,(H,15,16). The number of amides is 1. The average Bonchev–Trinajstić information content (AvgIpc) is 2.15. The number of nitrogens with zero attached hydrogens (tertiary/aromatic N) is 1. The van der Waals surface area contributed by atoms with E-state index in [-0.39, 0.29) is 5.56 Å². The predicted octanol–water partition coefficient (Wildman–Crippen LogP) is 1.90. The van der Waals surface area contributed by atoms with Crippen LogP contribution in [0.5, 0.6) is 0 Å². The number of aromatic nitrogens is 1. The summed E-state index contributed by atoms with van der Waals surface area (Å²) in [5.41, 5.74) is -0.0605. The van der Waals surface area contributed by atoms with E-state index in [1.54, 1.807) is 0 Å². The first-order valence-electron chi connectivity index (χ1n) is 4.35. The van der Waals surface area contributed by atoms with Crippen LogP contribution in [0.15, 0.2) is 18.3 Å². The van der Waals surface area contributed by atoms with Gasteiger partial charge >= 0.3 is 6.18 Å². The van der Waals surface area contributed by atoms with Gasteiger partial charge in [-0.05, 0) is 6.07 Å². The fraction of sp³-hybridized carbons (Fsp3) is 0.333. The molecule has 0 aromatic carbocycles. The maximum Gasteiger partial charge on any atom is 0.390 e. The van der Waals surface area contributed by atoms with E-state index in [1.165, 1.54) is 6.07 Å². The van der Waals surface area contributed by atoms with E-state index < -0.39 is 31.0 Å². The molecule has 0 aliphatic carbocycles. The summed E-state index contributed by atoms with van der Waals surface area (Å²) in [6.07, 6.45) is -4.38. The molecule has 1 N–H and O–H groups in total. The van der Waals surface area contributed by atoms with Gasteiger partial charge in [0, 0.05) is 24.4 Å². The van der Waals surface area contributed by atoms with E-state index in [4.69, 9.17) is 0 Å². The molecule has 7 heteroatoms. The van der Waals surface area contributed by atoms with Crippen LogP contribution >= 0.6 is 0 Å². The summed E-state index contributed by atoms with van der Waals surface area (Å²) in [4.78, 5) is 14.4. The van der Waals surface area contributed by atoms with E-state index in [1.807, 2.05) is 5.32 Å². The Morgan fingerprint density at radius 2 is 2.12 bits per heavy atom. The first kappa shape index (κ1) is 12.4. The molecule has 0 bridgehead atoms. The van der Waals surface area contributed by atoms with Gasteiger partial charge in [-0.15, -0.1) is 0 Å². The number of carbonyl (C=O) groups excluding carboxylic acids is 1. The topological polar surface area (TPSA) is 42.0 Å². The van der Waals surface area contributed by atoms with Gasteiger partial charge in [-0.25, -0.2) is 4.98 Å². The fourth-order valence-corrected chi connectivity index (χ4v) is 0.964. The fourth-order valence-electron chi connectivity index (χ4n) is 0.964. The molecule has 1 rings (SSSR count). The Bertz CT molecular complexity index is 378. The highest BCUT2D eigenvalue weighted by Gasteiger charge is 2.26. The van der Waals surface area contributed by atoms with Crippen LogP contribution in [0.4, 0.5) is 17.6 Å². The Hall–Kier alpha value is -1.66. The third-order valence-electron chi connectivity index (χ3n) is 1.68. The third-order valence-corrected chi connectivity index (χ3v) is 1.68. The Morgan fingerprint density at radius 3 is 2.69 bits per heavy atom. The van der Waals surface area contributed by atoms with Crippen LogP contribution in [-0.4, -0.2) is 23.6 Å². The largest absolute Gasteiger partial charge is 0.390 e. The van der Waals surface area contributed by atoms with Crippen LogP contribution in [0.1, 0.15) is 16.8 Å². The molecule has 0 radical (unpaired) electrons. The van der Waals surface area contributed by atoms with Gasteiger partial charge < -0.3 is 5.32 Å². The molecule has 1 amide bonds. The van der Waals surface area contributed by atoms with Gasteiger partial charge in [-0.3, -0.25) is 4.79 Å². The molecule has 0 aliphatic rings. The summed E-state index contributed by atoms with van der Waals surface area (Å²) < 4.78 is 47.8. The smallest absolute Gasteiger partial charge is 0.352 e. The van der Waals surface area contributed by atoms with Crippen molar-refractivity contribution in [2.24, 2.45) is 0 Å². The molecule has 1 aromatic heterocycles. The van der Waals surface area contributed by atoms with E-state index in [0.29, 0.717) is 0 Å². The van der Waals surface area contributed by atoms with E-state index in [2.05, 4.69) is 4.98 Å². The first-order chi connectivity index (χ1) is 7.38. The number of hydrogen-bond acceptors (Lipinski definition) is 2. The molecule has 0 unspecified atom stereocenters. The second kappa shape index (κ2) is 4.91. The SMILES string of the molecule is O=C(NCCC(F)(F)F)c1ccnc(F)c1. The molecule has 0 saturated carbocycles. The summed E-state index contributed by atoms with van der Waals surface area (Å²) in [6, 6.07) is 2.06. The molecular weight excluding hydrogens is 228 g/mol. The predicted molar refractivity (Wildman–Crippen MR) is 47.2 cm³/mol. The molecule has 0 spiro atoms. The van der Waals surface area contributed by atoms with Crippen LogP contribution in [-0.2, 0) is 0 Å². The Kier molecular flexibility index (Phi) is 3.81. The zero-order valence-electron chi connectivity index (χ0n) is 8.01. The third kappa shape index (κ3) is 4.24. The molecule has 0 fully saturated rings. The van der Waals surface area contributed by atoms with Gasteiger partial charge in [0.25, 0.3) is 5.91 Å². The molecule has 88 valence electrons. The highest BCUT2D eigenvalue weighted by molar-refractivity contribution is 5.93. The van der Waals surface area contributed by atoms with Crippen molar-refractivity contribution in [1.29, 1.82) is 0 Å². The normalized spacial score (nSPS) is 11.2. The summed E-state index contributed by atoms with van der Waals surface area (Å²) in [7, 11) is 0. The minimum Gasteiger partial charge on any atom is -0.352 e. The highest BCUT2D eigenvalue weighted by Crippen LogP contribution is 2.18. The van der Waals surface area contributed by atoms with Crippen molar-refractivity contribution >= 4 is 5.91 Å². The van der Waals surface area contributed by atoms with Crippen molar-refractivity contribution in [2.75, 3.05) is 6.54 Å². The molecular formula is C9H8F4N2O. The number of halogens is 4. The summed E-state index contributed by atoms with van der Waals surface area (Å²) in [5.74, 6) is -1.62. The van der Waals surface area contributed by atoms with Crippen LogP contribution < -0.4 is 5.32 Å². The van der Waals surface area contributed by atoms with Gasteiger partial charge in [-0.1, -0.05) is 0 Å². The number of alkyl halides is 3. The molecule has 0 atom stereocenters. The van der Waals surface area contributed by atoms with Crippen molar-refractivity contribution < 1.29 is 22.4 Å². The van der Waals surface area contributed by atoms with Crippen molar-refractivity contribution in [3.05, 3.63) is 29.8 Å². The lowest BCUT2D eigenvalue weighted by Gasteiger charge is -2.07. The lowest BCUT2D eigenvalue weighted by molar-refractivity contribution is -0.132. The van der Waals surface area contributed by atoms with Crippen molar-refractivity contribution in [3.8, 4) is 0 Å². The van der Waals surface area contributed by atoms with Gasteiger partial charge in [-0.2, -0.15) is 17.6 Å². The van der Waals surface area contributed by atoms with Crippen molar-refractivity contribution in [3.63, 3.8) is 0 Å². The minimum absolute atomic E-state index is 0.0605. The number of pyridine rings is 1. The first-order valence-corrected chi connectivity index (χ1v) is 4.35. The molecule has 1 heterocycles. The van der Waals surface area contributed by atoms with Gasteiger partial charge in [0.05, 0.1) is 6.42 Å². The zero-order chi connectivity index (χ0) is 12.2. The average molecular weight is 236 g/mol. The van der Waals surface area contributed by atoms with E-state index in [0.717, 1.165) is 12.3 Å².